The molecule has 3 aromatic carbocycles. The van der Waals surface area contributed by atoms with E-state index in [1.807, 2.05) is 35.2 Å². The van der Waals surface area contributed by atoms with Crippen molar-refractivity contribution in [1.29, 1.82) is 0 Å². The third-order valence-corrected chi connectivity index (χ3v) is 6.35. The highest BCUT2D eigenvalue weighted by molar-refractivity contribution is 5.48. The first-order valence-corrected chi connectivity index (χ1v) is 11.5. The number of piperazine rings is 1. The van der Waals surface area contributed by atoms with Crippen molar-refractivity contribution in [2.24, 2.45) is 0 Å². The van der Waals surface area contributed by atoms with Crippen LogP contribution >= 0.6 is 0 Å². The molecule has 0 aliphatic carbocycles. The van der Waals surface area contributed by atoms with Crippen LogP contribution in [0.4, 0.5) is 14.5 Å². The van der Waals surface area contributed by atoms with Gasteiger partial charge >= 0.3 is 0 Å². The van der Waals surface area contributed by atoms with Gasteiger partial charge in [0.25, 0.3) is 0 Å². The molecule has 0 amide bonds. The maximum absolute atomic E-state index is 14.3. The number of aromatic nitrogens is 4. The molecule has 4 aromatic rings. The number of rotatable bonds is 7. The van der Waals surface area contributed by atoms with Crippen molar-refractivity contribution in [1.82, 2.24) is 25.1 Å². The summed E-state index contributed by atoms with van der Waals surface area (Å²) >= 11 is 0. The second kappa shape index (κ2) is 10.2. The first kappa shape index (κ1) is 22.9. The van der Waals surface area contributed by atoms with E-state index in [0.717, 1.165) is 16.9 Å². The van der Waals surface area contributed by atoms with Gasteiger partial charge in [0.2, 0.25) is 0 Å². The summed E-state index contributed by atoms with van der Waals surface area (Å²) in [6.07, 6.45) is 0. The minimum absolute atomic E-state index is 0.223. The van der Waals surface area contributed by atoms with E-state index < -0.39 is 0 Å². The van der Waals surface area contributed by atoms with Gasteiger partial charge in [-0.15, -0.1) is 5.10 Å². The van der Waals surface area contributed by atoms with E-state index in [1.54, 1.807) is 36.1 Å². The summed E-state index contributed by atoms with van der Waals surface area (Å²) in [4.78, 5) is 4.31. The van der Waals surface area contributed by atoms with Crippen molar-refractivity contribution in [3.63, 3.8) is 0 Å². The van der Waals surface area contributed by atoms with Crippen molar-refractivity contribution in [2.45, 2.75) is 12.6 Å². The van der Waals surface area contributed by atoms with Gasteiger partial charge in [-0.2, -0.15) is 0 Å². The minimum Gasteiger partial charge on any atom is -0.497 e. The van der Waals surface area contributed by atoms with E-state index in [4.69, 9.17) is 4.74 Å². The van der Waals surface area contributed by atoms with E-state index in [0.29, 0.717) is 44.2 Å². The van der Waals surface area contributed by atoms with Gasteiger partial charge in [0.1, 0.15) is 17.4 Å². The second-order valence-corrected chi connectivity index (χ2v) is 8.47. The lowest BCUT2D eigenvalue weighted by Crippen LogP contribution is -2.48. The number of methoxy groups -OCH3 is 1. The molecule has 1 atom stereocenters. The Morgan fingerprint density at radius 2 is 1.60 bits per heavy atom. The van der Waals surface area contributed by atoms with E-state index in [-0.39, 0.29) is 17.7 Å². The fraction of sp³-hybridized carbons (Fsp3) is 0.269. The zero-order chi connectivity index (χ0) is 24.2. The molecule has 1 fully saturated rings. The molecule has 7 nitrogen and oxygen atoms in total. The van der Waals surface area contributed by atoms with Crippen molar-refractivity contribution >= 4 is 5.69 Å². The quantitative estimate of drug-likeness (QED) is 0.403. The number of anilines is 1. The number of halogens is 2. The summed E-state index contributed by atoms with van der Waals surface area (Å²) < 4.78 is 35.1. The predicted octanol–water partition coefficient (Wildman–Crippen LogP) is 3.92. The fourth-order valence-corrected chi connectivity index (χ4v) is 4.52. The van der Waals surface area contributed by atoms with Crippen molar-refractivity contribution in [3.05, 3.63) is 101 Å². The van der Waals surface area contributed by atoms with E-state index in [9.17, 15) is 8.78 Å². The Balaban J connectivity index is 1.42. The van der Waals surface area contributed by atoms with E-state index in [1.165, 1.54) is 18.2 Å². The Kier molecular flexibility index (Phi) is 6.67. The molecule has 180 valence electrons. The van der Waals surface area contributed by atoms with Crippen LogP contribution in [0.1, 0.15) is 23.0 Å². The maximum atomic E-state index is 14.3. The average molecular weight is 477 g/mol. The Hall–Kier alpha value is -3.85. The highest BCUT2D eigenvalue weighted by Gasteiger charge is 2.31. The molecular weight excluding hydrogens is 450 g/mol. The molecular formula is C26H26F2N6O. The SMILES string of the molecule is COc1ccc(Cn2nnnc2C(c2ccc(F)cc2)N2CCN(c3ccccc3F)CC2)cc1. The number of hydrogen-bond donors (Lipinski definition) is 0. The Morgan fingerprint density at radius 1 is 0.886 bits per heavy atom. The van der Waals surface area contributed by atoms with Crippen LogP contribution in [0.15, 0.2) is 72.8 Å². The number of ether oxygens (including phenoxy) is 1. The molecule has 2 heterocycles. The third kappa shape index (κ3) is 5.00. The summed E-state index contributed by atoms with van der Waals surface area (Å²) in [5, 5.41) is 12.6. The van der Waals surface area contributed by atoms with Crippen LogP contribution in [0.2, 0.25) is 0 Å². The summed E-state index contributed by atoms with van der Waals surface area (Å²) in [5.74, 6) is 0.934. The molecule has 0 spiro atoms. The molecule has 35 heavy (non-hydrogen) atoms. The van der Waals surface area contributed by atoms with E-state index >= 15 is 0 Å². The van der Waals surface area contributed by atoms with Crippen molar-refractivity contribution in [2.75, 3.05) is 38.2 Å². The lowest BCUT2D eigenvalue weighted by Gasteiger charge is -2.40. The molecule has 1 unspecified atom stereocenters. The van der Waals surface area contributed by atoms with Crippen molar-refractivity contribution < 1.29 is 13.5 Å². The smallest absolute Gasteiger partial charge is 0.173 e. The second-order valence-electron chi connectivity index (χ2n) is 8.47. The van der Waals surface area contributed by atoms with Gasteiger partial charge in [0.05, 0.1) is 25.4 Å². The average Bonchev–Trinajstić information content (AvgIpc) is 3.34. The summed E-state index contributed by atoms with van der Waals surface area (Å²) in [6.45, 7) is 3.13. The number of tetrazole rings is 1. The van der Waals surface area contributed by atoms with Gasteiger partial charge in [0, 0.05) is 26.2 Å². The van der Waals surface area contributed by atoms with Crippen LogP contribution in [0.3, 0.4) is 0 Å². The largest absolute Gasteiger partial charge is 0.497 e. The molecule has 1 saturated heterocycles. The molecule has 9 heteroatoms. The summed E-state index contributed by atoms with van der Waals surface area (Å²) in [6, 6.07) is 20.8. The Bertz CT molecular complexity index is 1250. The molecule has 5 rings (SSSR count). The standard InChI is InChI=1S/C26H26F2N6O/c1-35-22-12-6-19(7-13-22)18-34-26(29-30-31-34)25(20-8-10-21(27)11-9-20)33-16-14-32(15-17-33)24-5-3-2-4-23(24)28/h2-13,25H,14-18H2,1H3. The Morgan fingerprint density at radius 3 is 2.29 bits per heavy atom. The topological polar surface area (TPSA) is 59.3 Å². The highest BCUT2D eigenvalue weighted by Crippen LogP contribution is 2.30. The number of nitrogens with zero attached hydrogens (tertiary/aromatic N) is 6. The van der Waals surface area contributed by atoms with Crippen LogP contribution in [0, 0.1) is 11.6 Å². The monoisotopic (exact) mass is 476 g/mol. The minimum atomic E-state index is -0.297. The normalized spacial score (nSPS) is 15.2. The van der Waals surface area contributed by atoms with Crippen LogP contribution in [0.5, 0.6) is 5.75 Å². The first-order chi connectivity index (χ1) is 17.1. The van der Waals surface area contributed by atoms with Gasteiger partial charge in [-0.05, 0) is 58.0 Å². The molecule has 0 radical (unpaired) electrons. The van der Waals surface area contributed by atoms with Gasteiger partial charge in [-0.3, -0.25) is 4.90 Å². The number of para-hydroxylation sites is 1. The van der Waals surface area contributed by atoms with Crippen LogP contribution in [-0.4, -0.2) is 58.4 Å². The van der Waals surface area contributed by atoms with Gasteiger partial charge in [0.15, 0.2) is 5.82 Å². The van der Waals surface area contributed by atoms with Crippen LogP contribution in [0.25, 0.3) is 0 Å². The first-order valence-electron chi connectivity index (χ1n) is 11.5. The number of benzene rings is 3. The predicted molar refractivity (Wildman–Crippen MR) is 128 cm³/mol. The van der Waals surface area contributed by atoms with Gasteiger partial charge in [-0.25, -0.2) is 13.5 Å². The molecule has 0 N–H and O–H groups in total. The van der Waals surface area contributed by atoms with Gasteiger partial charge < -0.3 is 9.64 Å². The molecule has 1 aliphatic rings. The lowest BCUT2D eigenvalue weighted by atomic mass is 10.0. The Labute approximate surface area is 202 Å². The molecule has 0 saturated carbocycles. The molecule has 0 bridgehead atoms. The van der Waals surface area contributed by atoms with Crippen LogP contribution in [-0.2, 0) is 6.54 Å². The zero-order valence-electron chi connectivity index (χ0n) is 19.4. The number of hydrogen-bond acceptors (Lipinski definition) is 6. The summed E-state index contributed by atoms with van der Waals surface area (Å²) in [5.41, 5.74) is 2.54. The summed E-state index contributed by atoms with van der Waals surface area (Å²) in [7, 11) is 1.63. The fourth-order valence-electron chi connectivity index (χ4n) is 4.52. The maximum Gasteiger partial charge on any atom is 0.173 e. The van der Waals surface area contributed by atoms with Gasteiger partial charge in [-0.1, -0.05) is 36.4 Å². The zero-order valence-corrected chi connectivity index (χ0v) is 19.4. The highest BCUT2D eigenvalue weighted by atomic mass is 19.1. The lowest BCUT2D eigenvalue weighted by molar-refractivity contribution is 0.201. The third-order valence-electron chi connectivity index (χ3n) is 6.35. The van der Waals surface area contributed by atoms with Crippen LogP contribution < -0.4 is 9.64 Å². The van der Waals surface area contributed by atoms with E-state index in [2.05, 4.69) is 20.4 Å². The molecule has 1 aromatic heterocycles. The molecule has 1 aliphatic heterocycles. The van der Waals surface area contributed by atoms with Crippen molar-refractivity contribution in [3.8, 4) is 5.75 Å².